The molecular weight excluding hydrogens is 284 g/mol. The third kappa shape index (κ3) is 5.77. The summed E-state index contributed by atoms with van der Waals surface area (Å²) < 4.78 is 29.1. The fourth-order valence-corrected chi connectivity index (χ4v) is 2.57. The van der Waals surface area contributed by atoms with Crippen LogP contribution in [0.25, 0.3) is 0 Å². The summed E-state index contributed by atoms with van der Waals surface area (Å²) in [5.74, 6) is -0.604. The van der Waals surface area contributed by atoms with Gasteiger partial charge in [-0.05, 0) is 33.6 Å². The molecule has 7 nitrogen and oxygen atoms in total. The number of hydrogen-bond acceptors (Lipinski definition) is 5. The van der Waals surface area contributed by atoms with E-state index in [2.05, 4.69) is 0 Å². The van der Waals surface area contributed by atoms with Crippen molar-refractivity contribution in [3.05, 3.63) is 0 Å². The van der Waals surface area contributed by atoms with Gasteiger partial charge in [0.05, 0.1) is 6.26 Å². The number of amides is 2. The molecule has 0 aromatic carbocycles. The highest BCUT2D eigenvalue weighted by Gasteiger charge is 2.33. The Kier molecular flexibility index (Phi) is 5.01. The SMILES string of the molecule is CC(C)(C)OC(=O)N1CCC[C@H]1CC(=O)NS(C)(=O)=O. The number of sulfonamides is 1. The lowest BCUT2D eigenvalue weighted by molar-refractivity contribution is -0.120. The van der Waals surface area contributed by atoms with Crippen molar-refractivity contribution >= 4 is 22.0 Å². The van der Waals surface area contributed by atoms with Gasteiger partial charge >= 0.3 is 6.09 Å². The van der Waals surface area contributed by atoms with Gasteiger partial charge in [0.25, 0.3) is 0 Å². The van der Waals surface area contributed by atoms with Crippen molar-refractivity contribution in [3.8, 4) is 0 Å². The van der Waals surface area contributed by atoms with E-state index in [0.717, 1.165) is 12.7 Å². The van der Waals surface area contributed by atoms with Crippen LogP contribution >= 0.6 is 0 Å². The molecule has 1 heterocycles. The number of carbonyl (C=O) groups is 2. The number of ether oxygens (including phenoxy) is 1. The molecule has 1 aliphatic rings. The van der Waals surface area contributed by atoms with Gasteiger partial charge in [-0.15, -0.1) is 0 Å². The number of hydrogen-bond donors (Lipinski definition) is 1. The molecule has 20 heavy (non-hydrogen) atoms. The van der Waals surface area contributed by atoms with Gasteiger partial charge in [0.15, 0.2) is 0 Å². The van der Waals surface area contributed by atoms with Crippen molar-refractivity contribution in [3.63, 3.8) is 0 Å². The minimum Gasteiger partial charge on any atom is -0.444 e. The summed E-state index contributed by atoms with van der Waals surface area (Å²) >= 11 is 0. The Morgan fingerprint density at radius 3 is 2.45 bits per heavy atom. The van der Waals surface area contributed by atoms with Crippen LogP contribution in [-0.2, 0) is 19.6 Å². The lowest BCUT2D eigenvalue weighted by Gasteiger charge is -2.28. The Hall–Kier alpha value is -1.31. The van der Waals surface area contributed by atoms with Crippen molar-refractivity contribution in [2.75, 3.05) is 12.8 Å². The fraction of sp³-hybridized carbons (Fsp3) is 0.833. The Morgan fingerprint density at radius 2 is 1.95 bits per heavy atom. The highest BCUT2D eigenvalue weighted by molar-refractivity contribution is 7.89. The van der Waals surface area contributed by atoms with E-state index in [1.54, 1.807) is 20.8 Å². The van der Waals surface area contributed by atoms with Crippen molar-refractivity contribution < 1.29 is 22.7 Å². The first kappa shape index (κ1) is 16.7. The highest BCUT2D eigenvalue weighted by Crippen LogP contribution is 2.22. The third-order valence-corrected chi connectivity index (χ3v) is 3.32. The van der Waals surface area contributed by atoms with Crippen molar-refractivity contribution in [2.45, 2.75) is 51.7 Å². The number of carbonyl (C=O) groups excluding carboxylic acids is 2. The molecule has 0 bridgehead atoms. The largest absolute Gasteiger partial charge is 0.444 e. The molecule has 0 radical (unpaired) electrons. The summed E-state index contributed by atoms with van der Waals surface area (Å²) in [5.41, 5.74) is -0.598. The van der Waals surface area contributed by atoms with Crippen LogP contribution in [0.4, 0.5) is 4.79 Å². The first-order valence-electron chi connectivity index (χ1n) is 6.48. The maximum atomic E-state index is 12.0. The van der Waals surface area contributed by atoms with E-state index in [9.17, 15) is 18.0 Å². The van der Waals surface area contributed by atoms with E-state index < -0.39 is 27.6 Å². The average Bonchev–Trinajstić information content (AvgIpc) is 2.59. The monoisotopic (exact) mass is 306 g/mol. The second-order valence-electron chi connectivity index (χ2n) is 5.97. The zero-order chi connectivity index (χ0) is 15.6. The predicted molar refractivity (Wildman–Crippen MR) is 73.6 cm³/mol. The number of likely N-dealkylation sites (tertiary alicyclic amines) is 1. The summed E-state index contributed by atoms with van der Waals surface area (Å²) in [7, 11) is -3.57. The molecule has 1 atom stereocenters. The van der Waals surface area contributed by atoms with Gasteiger partial charge in [0.1, 0.15) is 5.60 Å². The zero-order valence-corrected chi connectivity index (χ0v) is 13.1. The minimum atomic E-state index is -3.57. The predicted octanol–water partition coefficient (Wildman–Crippen LogP) is 0.852. The van der Waals surface area contributed by atoms with Gasteiger partial charge in [0.2, 0.25) is 15.9 Å². The van der Waals surface area contributed by atoms with E-state index >= 15 is 0 Å². The van der Waals surface area contributed by atoms with Gasteiger partial charge in [-0.1, -0.05) is 0 Å². The van der Waals surface area contributed by atoms with Gasteiger partial charge in [0, 0.05) is 19.0 Å². The van der Waals surface area contributed by atoms with Crippen molar-refractivity contribution in [1.82, 2.24) is 9.62 Å². The Bertz CT molecular complexity index is 481. The smallest absolute Gasteiger partial charge is 0.410 e. The number of rotatable bonds is 3. The van der Waals surface area contributed by atoms with Crippen molar-refractivity contribution in [2.24, 2.45) is 0 Å². The summed E-state index contributed by atoms with van der Waals surface area (Å²) in [5, 5.41) is 0. The molecule has 1 N–H and O–H groups in total. The van der Waals surface area contributed by atoms with E-state index in [0.29, 0.717) is 13.0 Å². The van der Waals surface area contributed by atoms with Crippen LogP contribution in [0.3, 0.4) is 0 Å². The van der Waals surface area contributed by atoms with Crippen LogP contribution in [0.5, 0.6) is 0 Å². The van der Waals surface area contributed by atoms with E-state index in [4.69, 9.17) is 4.74 Å². The molecule has 0 aromatic heterocycles. The first-order chi connectivity index (χ1) is 8.98. The van der Waals surface area contributed by atoms with Crippen LogP contribution in [-0.4, -0.2) is 49.8 Å². The van der Waals surface area contributed by atoms with Crippen LogP contribution in [0.2, 0.25) is 0 Å². The molecule has 0 unspecified atom stereocenters. The Labute approximate surface area is 119 Å². The summed E-state index contributed by atoms with van der Waals surface area (Å²) in [4.78, 5) is 25.1. The van der Waals surface area contributed by atoms with Crippen LogP contribution < -0.4 is 4.72 Å². The minimum absolute atomic E-state index is 0.0354. The fourth-order valence-electron chi connectivity index (χ4n) is 2.07. The van der Waals surface area contributed by atoms with Gasteiger partial charge in [-0.2, -0.15) is 0 Å². The lowest BCUT2D eigenvalue weighted by atomic mass is 10.1. The molecule has 0 aromatic rings. The summed E-state index contributed by atoms with van der Waals surface area (Å²) in [6.07, 6.45) is 1.86. The molecule has 1 fully saturated rings. The third-order valence-electron chi connectivity index (χ3n) is 2.73. The van der Waals surface area contributed by atoms with Gasteiger partial charge in [-0.25, -0.2) is 13.2 Å². The maximum absolute atomic E-state index is 12.0. The van der Waals surface area contributed by atoms with Gasteiger partial charge in [-0.3, -0.25) is 9.52 Å². The molecule has 1 rings (SSSR count). The molecule has 1 saturated heterocycles. The van der Waals surface area contributed by atoms with Crippen LogP contribution in [0.1, 0.15) is 40.0 Å². The molecule has 8 heteroatoms. The number of nitrogens with one attached hydrogen (secondary N) is 1. The normalized spacial score (nSPS) is 19.8. The zero-order valence-electron chi connectivity index (χ0n) is 12.3. The summed E-state index contributed by atoms with van der Waals surface area (Å²) in [6.45, 7) is 5.83. The molecule has 116 valence electrons. The molecular formula is C12H22N2O5S. The second-order valence-corrected chi connectivity index (χ2v) is 7.72. The molecule has 0 saturated carbocycles. The topological polar surface area (TPSA) is 92.8 Å². The lowest BCUT2D eigenvalue weighted by Crippen LogP contribution is -2.42. The van der Waals surface area contributed by atoms with E-state index in [1.807, 2.05) is 4.72 Å². The highest BCUT2D eigenvalue weighted by atomic mass is 32.2. The van der Waals surface area contributed by atoms with Crippen molar-refractivity contribution in [1.29, 1.82) is 0 Å². The number of nitrogens with zero attached hydrogens (tertiary/aromatic N) is 1. The molecule has 2 amide bonds. The molecule has 0 aliphatic carbocycles. The van der Waals surface area contributed by atoms with Crippen LogP contribution in [0.15, 0.2) is 0 Å². The molecule has 0 spiro atoms. The quantitative estimate of drug-likeness (QED) is 0.834. The van der Waals surface area contributed by atoms with E-state index in [-0.39, 0.29) is 12.5 Å². The standard InChI is InChI=1S/C12H22N2O5S/c1-12(2,3)19-11(16)14-7-5-6-9(14)8-10(15)13-20(4,17)18/h9H,5-8H2,1-4H3,(H,13,15)/t9-/m0/s1. The average molecular weight is 306 g/mol. The second kappa shape index (κ2) is 5.99. The van der Waals surface area contributed by atoms with E-state index in [1.165, 1.54) is 4.90 Å². The Balaban J connectivity index is 2.61. The maximum Gasteiger partial charge on any atom is 0.410 e. The Morgan fingerprint density at radius 1 is 1.35 bits per heavy atom. The summed E-state index contributed by atoms with van der Waals surface area (Å²) in [6, 6.07) is -0.313. The van der Waals surface area contributed by atoms with Gasteiger partial charge < -0.3 is 9.64 Å². The molecule has 1 aliphatic heterocycles. The van der Waals surface area contributed by atoms with Crippen LogP contribution in [0, 0.1) is 0 Å². The first-order valence-corrected chi connectivity index (χ1v) is 8.37.